The minimum Gasteiger partial charge on any atom is -0.479 e. The first-order valence-electron chi connectivity index (χ1n) is 7.12. The molecule has 0 amide bonds. The second-order valence-corrected chi connectivity index (χ2v) is 9.76. The number of imidazole rings is 1. The normalized spacial score (nSPS) is 24.6. The number of anilines is 1. The van der Waals surface area contributed by atoms with Crippen LogP contribution in [0.2, 0.25) is 0 Å². The minimum absolute atomic E-state index is 0.0399. The lowest BCUT2D eigenvalue weighted by molar-refractivity contribution is -0.0240. The Bertz CT molecular complexity index is 797. The Kier molecular flexibility index (Phi) is 4.90. The van der Waals surface area contributed by atoms with Gasteiger partial charge in [-0.25, -0.2) is 4.98 Å². The molecular formula is C12H16Cl2N5O4P. The molecule has 1 aliphatic rings. The molecule has 2 aromatic heterocycles. The van der Waals surface area contributed by atoms with Gasteiger partial charge in [-0.15, -0.1) is 0 Å². The van der Waals surface area contributed by atoms with Crippen LogP contribution in [-0.2, 0) is 13.8 Å². The number of ether oxygens (including phenoxy) is 2. The third kappa shape index (κ3) is 3.60. The van der Waals surface area contributed by atoms with E-state index in [0.717, 1.165) is 0 Å². The van der Waals surface area contributed by atoms with Gasteiger partial charge in [0.1, 0.15) is 6.23 Å². The standard InChI is InChI=1S/C12H16Cl2N5O4P/c1-6-3-7(4-22-24(13,14)20)23-11(6)19-5-16-8-9(19)17-12(15)18-10(8)21-2/h5-7,11H,3-4H2,1-2H3,(H2,15,17,18). The van der Waals surface area contributed by atoms with E-state index in [1.54, 1.807) is 10.9 Å². The summed E-state index contributed by atoms with van der Waals surface area (Å²) in [5.41, 5.74) is 6.73. The highest BCUT2D eigenvalue weighted by Gasteiger charge is 2.36. The van der Waals surface area contributed by atoms with Gasteiger partial charge >= 0.3 is 6.07 Å². The van der Waals surface area contributed by atoms with Gasteiger partial charge < -0.3 is 19.7 Å². The van der Waals surface area contributed by atoms with Crippen LogP contribution in [0.5, 0.6) is 5.88 Å². The largest absolute Gasteiger partial charge is 0.479 e. The third-order valence-corrected chi connectivity index (χ3v) is 4.77. The number of rotatable bonds is 5. The number of halogens is 2. The van der Waals surface area contributed by atoms with E-state index in [4.69, 9.17) is 42.2 Å². The van der Waals surface area contributed by atoms with Crippen molar-refractivity contribution in [1.82, 2.24) is 19.5 Å². The highest BCUT2D eigenvalue weighted by atomic mass is 35.9. The second kappa shape index (κ2) is 6.65. The van der Waals surface area contributed by atoms with Crippen molar-refractivity contribution in [3.63, 3.8) is 0 Å². The maximum atomic E-state index is 11.2. The molecule has 3 heterocycles. The lowest BCUT2D eigenvalue weighted by Crippen LogP contribution is -2.16. The minimum atomic E-state index is -3.58. The molecule has 9 nitrogen and oxygen atoms in total. The van der Waals surface area contributed by atoms with E-state index in [9.17, 15) is 4.57 Å². The lowest BCUT2D eigenvalue weighted by Gasteiger charge is -2.18. The second-order valence-electron chi connectivity index (χ2n) is 5.49. The molecule has 0 saturated carbocycles. The van der Waals surface area contributed by atoms with Crippen LogP contribution in [0, 0.1) is 5.92 Å². The molecule has 2 aromatic rings. The molecule has 1 aliphatic heterocycles. The van der Waals surface area contributed by atoms with Crippen LogP contribution < -0.4 is 10.5 Å². The molecule has 1 saturated heterocycles. The molecule has 2 N–H and O–H groups in total. The van der Waals surface area contributed by atoms with Gasteiger partial charge in [0.25, 0.3) is 0 Å². The van der Waals surface area contributed by atoms with Crippen LogP contribution in [-0.4, -0.2) is 39.3 Å². The third-order valence-electron chi connectivity index (χ3n) is 3.74. The number of nitrogens with zero attached hydrogens (tertiary/aromatic N) is 4. The zero-order valence-electron chi connectivity index (χ0n) is 12.9. The zero-order chi connectivity index (χ0) is 17.5. The van der Waals surface area contributed by atoms with E-state index in [2.05, 4.69) is 15.0 Å². The average Bonchev–Trinajstić information content (AvgIpc) is 3.06. The smallest absolute Gasteiger partial charge is 0.380 e. The Labute approximate surface area is 147 Å². The summed E-state index contributed by atoms with van der Waals surface area (Å²) < 4.78 is 29.1. The molecule has 0 radical (unpaired) electrons. The van der Waals surface area contributed by atoms with Crippen molar-refractivity contribution < 1.29 is 18.6 Å². The van der Waals surface area contributed by atoms with Crippen LogP contribution in [0.4, 0.5) is 5.95 Å². The molecule has 0 bridgehead atoms. The topological polar surface area (TPSA) is 114 Å². The highest BCUT2D eigenvalue weighted by Crippen LogP contribution is 2.58. The van der Waals surface area contributed by atoms with Crippen LogP contribution in [0.1, 0.15) is 19.6 Å². The Morgan fingerprint density at radius 3 is 2.92 bits per heavy atom. The van der Waals surface area contributed by atoms with E-state index in [0.29, 0.717) is 23.5 Å². The van der Waals surface area contributed by atoms with Gasteiger partial charge in [-0.1, -0.05) is 6.92 Å². The number of aromatic nitrogens is 4. The van der Waals surface area contributed by atoms with Crippen molar-refractivity contribution in [1.29, 1.82) is 0 Å². The zero-order valence-corrected chi connectivity index (χ0v) is 15.3. The molecular weight excluding hydrogens is 380 g/mol. The van der Waals surface area contributed by atoms with Gasteiger partial charge in [-0.05, 0) is 28.9 Å². The predicted molar refractivity (Wildman–Crippen MR) is 89.2 cm³/mol. The van der Waals surface area contributed by atoms with E-state index in [1.165, 1.54) is 7.11 Å². The first-order valence-corrected chi connectivity index (χ1v) is 10.6. The lowest BCUT2D eigenvalue weighted by atomic mass is 10.1. The summed E-state index contributed by atoms with van der Waals surface area (Å²) in [4.78, 5) is 12.5. The highest BCUT2D eigenvalue weighted by molar-refractivity contribution is 8.05. The maximum absolute atomic E-state index is 11.2. The maximum Gasteiger partial charge on any atom is 0.380 e. The fourth-order valence-electron chi connectivity index (χ4n) is 2.77. The fourth-order valence-corrected chi connectivity index (χ4v) is 3.45. The van der Waals surface area contributed by atoms with Crippen molar-refractivity contribution in [2.45, 2.75) is 25.7 Å². The molecule has 0 spiro atoms. The SMILES string of the molecule is COc1nc(N)nc2c1ncn2C1OC(COP(=O)(Cl)Cl)CC1C. The fraction of sp³-hybridized carbons (Fsp3) is 0.583. The van der Waals surface area contributed by atoms with Crippen molar-refractivity contribution in [2.24, 2.45) is 5.92 Å². The number of nitrogen functional groups attached to an aromatic ring is 1. The van der Waals surface area contributed by atoms with Gasteiger partial charge in [0.2, 0.25) is 11.8 Å². The number of methoxy groups -OCH3 is 1. The monoisotopic (exact) mass is 395 g/mol. The summed E-state index contributed by atoms with van der Waals surface area (Å²) in [5.74, 6) is 0.507. The van der Waals surface area contributed by atoms with E-state index in [1.807, 2.05) is 6.92 Å². The molecule has 132 valence electrons. The van der Waals surface area contributed by atoms with Gasteiger partial charge in [-0.2, -0.15) is 9.97 Å². The van der Waals surface area contributed by atoms with Crippen molar-refractivity contribution in [3.8, 4) is 5.88 Å². The Balaban J connectivity index is 1.85. The Morgan fingerprint density at radius 2 is 2.25 bits per heavy atom. The van der Waals surface area contributed by atoms with Crippen LogP contribution in [0.15, 0.2) is 6.33 Å². The Hall–Kier alpha value is -1.12. The van der Waals surface area contributed by atoms with Crippen LogP contribution in [0.25, 0.3) is 11.2 Å². The number of hydrogen-bond acceptors (Lipinski definition) is 8. The summed E-state index contributed by atoms with van der Waals surface area (Å²) in [5, 5.41) is 0. The molecule has 3 rings (SSSR count). The molecule has 3 unspecified atom stereocenters. The summed E-state index contributed by atoms with van der Waals surface area (Å²) >= 11 is 10.8. The number of hydrogen-bond donors (Lipinski definition) is 1. The Morgan fingerprint density at radius 1 is 1.50 bits per heavy atom. The summed E-state index contributed by atoms with van der Waals surface area (Å²) in [6, 6.07) is 0. The first-order chi connectivity index (χ1) is 11.3. The summed E-state index contributed by atoms with van der Waals surface area (Å²) in [6.45, 7) is 2.05. The van der Waals surface area contributed by atoms with Crippen LogP contribution >= 0.6 is 28.6 Å². The summed E-state index contributed by atoms with van der Waals surface area (Å²) in [7, 11) is 1.49. The molecule has 0 aliphatic carbocycles. The first kappa shape index (κ1) is 17.7. The van der Waals surface area contributed by atoms with E-state index >= 15 is 0 Å². The van der Waals surface area contributed by atoms with Gasteiger partial charge in [0.05, 0.1) is 26.1 Å². The molecule has 0 aromatic carbocycles. The van der Waals surface area contributed by atoms with Gasteiger partial charge in [0.15, 0.2) is 11.2 Å². The van der Waals surface area contributed by atoms with E-state index < -0.39 is 6.07 Å². The van der Waals surface area contributed by atoms with Gasteiger partial charge in [0, 0.05) is 5.92 Å². The predicted octanol–water partition coefficient (Wildman–Crippen LogP) is 2.94. The van der Waals surface area contributed by atoms with Gasteiger partial charge in [-0.3, -0.25) is 9.13 Å². The molecule has 1 fully saturated rings. The van der Waals surface area contributed by atoms with Crippen molar-refractivity contribution >= 4 is 45.7 Å². The average molecular weight is 396 g/mol. The summed E-state index contributed by atoms with van der Waals surface area (Å²) in [6.07, 6.45) is -1.95. The number of fused-ring (bicyclic) bond motifs is 1. The molecule has 12 heteroatoms. The van der Waals surface area contributed by atoms with E-state index in [-0.39, 0.29) is 30.8 Å². The molecule has 24 heavy (non-hydrogen) atoms. The molecule has 3 atom stereocenters. The van der Waals surface area contributed by atoms with Crippen molar-refractivity contribution in [2.75, 3.05) is 19.5 Å². The van der Waals surface area contributed by atoms with Crippen LogP contribution in [0.3, 0.4) is 0 Å². The van der Waals surface area contributed by atoms with Crippen molar-refractivity contribution in [3.05, 3.63) is 6.33 Å². The number of nitrogens with two attached hydrogens (primary N) is 1. The quantitative estimate of drug-likeness (QED) is 0.768.